The van der Waals surface area contributed by atoms with Crippen LogP contribution in [0, 0.1) is 5.92 Å². The van der Waals surface area contributed by atoms with Gasteiger partial charge in [-0.2, -0.15) is 0 Å². The van der Waals surface area contributed by atoms with E-state index < -0.39 is 5.97 Å². The van der Waals surface area contributed by atoms with E-state index in [1.807, 2.05) is 0 Å². The average molecular weight is 296 g/mol. The van der Waals surface area contributed by atoms with Crippen molar-refractivity contribution in [2.75, 3.05) is 0 Å². The Morgan fingerprint density at radius 2 is 2.33 bits per heavy atom. The third-order valence-electron chi connectivity index (χ3n) is 1.71. The Kier molecular flexibility index (Phi) is 12.5. The molecule has 2 nitrogen and oxygen atoms in total. The monoisotopic (exact) mass is 296 g/mol. The number of allylic oxidation sites excluding steroid dienone is 1. The number of unbranched alkanes of at least 4 members (excludes halogenated alkanes) is 1. The Bertz CT molecular complexity index is 143. The first-order valence-corrected chi connectivity index (χ1v) is 4.06. The molecule has 0 aromatic heterocycles. The van der Waals surface area contributed by atoms with Gasteiger partial charge in [-0.1, -0.05) is 25.8 Å². The average Bonchev–Trinajstić information content (AvgIpc) is 1.97. The quantitative estimate of drug-likeness (QED) is 0.603. The van der Waals surface area contributed by atoms with E-state index in [1.165, 1.54) is 0 Å². The van der Waals surface area contributed by atoms with Gasteiger partial charge in [0.25, 0.3) is 0 Å². The number of hydrogen-bond donors (Lipinski definition) is 1. The summed E-state index contributed by atoms with van der Waals surface area (Å²) in [6.45, 7) is 5.59. The molecule has 0 aromatic rings. The topological polar surface area (TPSA) is 37.3 Å². The van der Waals surface area contributed by atoms with Crippen molar-refractivity contribution in [2.45, 2.75) is 32.6 Å². The van der Waals surface area contributed by atoms with Gasteiger partial charge in [-0.25, -0.2) is 0 Å². The molecule has 0 radical (unpaired) electrons. The van der Waals surface area contributed by atoms with Crippen LogP contribution in [0.15, 0.2) is 12.7 Å². The van der Waals surface area contributed by atoms with E-state index in [0.29, 0.717) is 6.42 Å². The maximum Gasteiger partial charge on any atom is 2.00 e. The Hall–Kier alpha value is 0.781. The molecule has 1 N–H and O–H groups in total. The summed E-state index contributed by atoms with van der Waals surface area (Å²) in [5.41, 5.74) is 0. The second-order valence-corrected chi connectivity index (χ2v) is 2.70. The summed E-state index contributed by atoms with van der Waals surface area (Å²) in [7, 11) is 0. The van der Waals surface area contributed by atoms with Crippen LogP contribution in [0.5, 0.6) is 0 Å². The molecular weight excluding hydrogens is 277 g/mol. The summed E-state index contributed by atoms with van der Waals surface area (Å²) >= 11 is 0. The number of aliphatic carboxylic acids is 1. The fourth-order valence-electron chi connectivity index (χ4n) is 0.994. The van der Waals surface area contributed by atoms with Crippen LogP contribution in [0.25, 0.3) is 0 Å². The Balaban J connectivity index is -0.000000167. The molecule has 0 spiro atoms. The molecule has 0 fully saturated rings. The van der Waals surface area contributed by atoms with Gasteiger partial charge in [-0.05, 0) is 12.8 Å². The van der Waals surface area contributed by atoms with Crippen LogP contribution >= 0.6 is 0 Å². The summed E-state index contributed by atoms with van der Waals surface area (Å²) in [6.07, 6.45) is 5.09. The normalized spacial score (nSPS) is 11.4. The molecule has 12 heavy (non-hydrogen) atoms. The smallest absolute Gasteiger partial charge is 1.00 e. The van der Waals surface area contributed by atoms with Gasteiger partial charge in [-0.15, -0.1) is 6.58 Å². The van der Waals surface area contributed by atoms with E-state index >= 15 is 0 Å². The molecule has 3 heteroatoms. The summed E-state index contributed by atoms with van der Waals surface area (Å²) < 4.78 is 0. The van der Waals surface area contributed by atoms with Gasteiger partial charge in [0.05, 0.1) is 5.92 Å². The molecule has 0 aliphatic carbocycles. The van der Waals surface area contributed by atoms with Crippen molar-refractivity contribution in [3.63, 3.8) is 0 Å². The minimum absolute atomic E-state index is 0. The van der Waals surface area contributed by atoms with Crippen molar-refractivity contribution in [1.82, 2.24) is 0 Å². The van der Waals surface area contributed by atoms with Crippen molar-refractivity contribution in [2.24, 2.45) is 5.92 Å². The van der Waals surface area contributed by atoms with Crippen molar-refractivity contribution in [3.05, 3.63) is 12.7 Å². The zero-order valence-corrected chi connectivity index (χ0v) is 12.2. The van der Waals surface area contributed by atoms with E-state index in [0.717, 1.165) is 19.3 Å². The maximum absolute atomic E-state index is 10.5. The van der Waals surface area contributed by atoms with Crippen LogP contribution in [0.2, 0.25) is 0 Å². The number of hydrogen-bond acceptors (Lipinski definition) is 1. The molecule has 68 valence electrons. The van der Waals surface area contributed by atoms with E-state index in [-0.39, 0.29) is 57.7 Å². The van der Waals surface area contributed by atoms with E-state index in [9.17, 15) is 4.79 Å². The minimum Gasteiger partial charge on any atom is -1.00 e. The third kappa shape index (κ3) is 7.43. The summed E-state index contributed by atoms with van der Waals surface area (Å²) in [5.74, 6) is -0.911. The fourth-order valence-corrected chi connectivity index (χ4v) is 0.994. The van der Waals surface area contributed by atoms with Crippen molar-refractivity contribution in [1.29, 1.82) is 0 Å². The molecule has 0 amide bonds. The summed E-state index contributed by atoms with van der Waals surface area (Å²) in [6, 6.07) is 0. The third-order valence-corrected chi connectivity index (χ3v) is 1.71. The molecular formula is C9H18BaO2. The summed E-state index contributed by atoms with van der Waals surface area (Å²) in [4.78, 5) is 10.5. The van der Waals surface area contributed by atoms with Crippen molar-refractivity contribution in [3.8, 4) is 0 Å². The first-order valence-electron chi connectivity index (χ1n) is 4.06. The van der Waals surface area contributed by atoms with Crippen LogP contribution in [0.4, 0.5) is 0 Å². The molecule has 1 atom stereocenters. The summed E-state index contributed by atoms with van der Waals surface area (Å²) in [5, 5.41) is 8.68. The molecule has 0 saturated heterocycles. The van der Waals surface area contributed by atoms with Crippen LogP contribution in [0.1, 0.15) is 35.5 Å². The minimum atomic E-state index is -0.696. The number of rotatable bonds is 6. The van der Waals surface area contributed by atoms with Gasteiger partial charge in [-0.3, -0.25) is 4.79 Å². The van der Waals surface area contributed by atoms with Gasteiger partial charge < -0.3 is 7.96 Å². The molecule has 0 bridgehead atoms. The van der Waals surface area contributed by atoms with Crippen LogP contribution in [-0.4, -0.2) is 60.0 Å². The predicted molar refractivity (Wildman–Crippen MR) is 53.4 cm³/mol. The first-order chi connectivity index (χ1) is 5.22. The number of carbonyl (C=O) groups is 1. The van der Waals surface area contributed by atoms with E-state index in [2.05, 4.69) is 13.5 Å². The van der Waals surface area contributed by atoms with Gasteiger partial charge >= 0.3 is 54.9 Å². The van der Waals surface area contributed by atoms with E-state index in [1.54, 1.807) is 6.08 Å². The van der Waals surface area contributed by atoms with Crippen LogP contribution < -0.4 is 0 Å². The van der Waals surface area contributed by atoms with E-state index in [4.69, 9.17) is 5.11 Å². The fraction of sp³-hybridized carbons (Fsp3) is 0.667. The first kappa shape index (κ1) is 15.3. The van der Waals surface area contributed by atoms with Crippen molar-refractivity contribution < 1.29 is 12.8 Å². The molecule has 0 aromatic carbocycles. The molecule has 0 aliphatic rings. The number of carboxylic acids is 1. The van der Waals surface area contributed by atoms with Gasteiger partial charge in [0.2, 0.25) is 0 Å². The van der Waals surface area contributed by atoms with Gasteiger partial charge in [0, 0.05) is 0 Å². The second kappa shape index (κ2) is 9.87. The zero-order valence-electron chi connectivity index (χ0n) is 9.75. The SMILES string of the molecule is C=CCC(CCCC)C(=O)O.[Ba+2].[H-].[H-]. The molecule has 0 rings (SSSR count). The molecule has 1 unspecified atom stereocenters. The van der Waals surface area contributed by atoms with Gasteiger partial charge in [0.1, 0.15) is 0 Å². The Morgan fingerprint density at radius 1 is 1.75 bits per heavy atom. The van der Waals surface area contributed by atoms with Gasteiger partial charge in [0.15, 0.2) is 0 Å². The number of carboxylic acid groups (broad SMARTS) is 1. The maximum atomic E-state index is 10.5. The standard InChI is InChI=1S/C9H16O2.Ba.2H/c1-3-5-7-8(6-4-2)9(10)11;;;/h4,8H,2-3,5-7H2,1H3,(H,10,11);;;/q;+2;2*-1. The molecule has 0 saturated carbocycles. The van der Waals surface area contributed by atoms with Crippen LogP contribution in [-0.2, 0) is 4.79 Å². The molecule has 0 heterocycles. The predicted octanol–water partition coefficient (Wildman–Crippen LogP) is 2.30. The Morgan fingerprint density at radius 3 is 2.67 bits per heavy atom. The molecule has 0 aliphatic heterocycles. The second-order valence-electron chi connectivity index (χ2n) is 2.70. The van der Waals surface area contributed by atoms with Crippen molar-refractivity contribution >= 4 is 54.9 Å². The largest absolute Gasteiger partial charge is 2.00 e. The van der Waals surface area contributed by atoms with Crippen LogP contribution in [0.3, 0.4) is 0 Å². The Labute approximate surface area is 117 Å². The zero-order chi connectivity index (χ0) is 8.69.